The van der Waals surface area contributed by atoms with Crippen molar-refractivity contribution in [2.24, 2.45) is 5.92 Å². The van der Waals surface area contributed by atoms with Gasteiger partial charge in [-0.1, -0.05) is 26.0 Å². The molecule has 0 aromatic heterocycles. The molecule has 1 aliphatic heterocycles. The number of morpholine rings is 1. The molecule has 1 aliphatic rings. The predicted octanol–water partition coefficient (Wildman–Crippen LogP) is 3.11. The van der Waals surface area contributed by atoms with Gasteiger partial charge in [-0.15, -0.1) is 0 Å². The van der Waals surface area contributed by atoms with Crippen LogP contribution in [0.15, 0.2) is 24.3 Å². The highest BCUT2D eigenvalue weighted by atomic mass is 16.5. The van der Waals surface area contributed by atoms with Gasteiger partial charge in [0.1, 0.15) is 0 Å². The van der Waals surface area contributed by atoms with Crippen molar-refractivity contribution in [2.75, 3.05) is 31.2 Å². The molecule has 1 heterocycles. The number of benzene rings is 1. The Balaban J connectivity index is 1.92. The summed E-state index contributed by atoms with van der Waals surface area (Å²) in [7, 11) is 0. The van der Waals surface area contributed by atoms with E-state index in [1.807, 2.05) is 0 Å². The first-order valence-corrected chi connectivity index (χ1v) is 6.67. The number of ether oxygens (including phenoxy) is 1. The minimum absolute atomic E-state index is 0.786. The normalized spacial score (nSPS) is 16.5. The highest BCUT2D eigenvalue weighted by molar-refractivity contribution is 5.47. The smallest absolute Gasteiger partial charge is 0.0642 e. The lowest BCUT2D eigenvalue weighted by atomic mass is 10.0. The number of nitrogens with zero attached hydrogens (tertiary/aromatic N) is 1. The molecule has 0 N–H and O–H groups in total. The summed E-state index contributed by atoms with van der Waals surface area (Å²) in [5.41, 5.74) is 2.79. The predicted molar refractivity (Wildman–Crippen MR) is 72.6 cm³/mol. The Morgan fingerprint density at radius 2 is 1.76 bits per heavy atom. The summed E-state index contributed by atoms with van der Waals surface area (Å²) in [6.45, 7) is 8.31. The first-order valence-electron chi connectivity index (χ1n) is 6.67. The van der Waals surface area contributed by atoms with Crippen LogP contribution in [0.1, 0.15) is 25.8 Å². The van der Waals surface area contributed by atoms with E-state index in [4.69, 9.17) is 4.74 Å². The van der Waals surface area contributed by atoms with Crippen LogP contribution in [0.4, 0.5) is 5.69 Å². The van der Waals surface area contributed by atoms with Crippen LogP contribution in [-0.2, 0) is 11.2 Å². The van der Waals surface area contributed by atoms with Crippen molar-refractivity contribution in [3.63, 3.8) is 0 Å². The fraction of sp³-hybridized carbons (Fsp3) is 0.600. The molecule has 0 saturated carbocycles. The zero-order valence-corrected chi connectivity index (χ0v) is 11.0. The van der Waals surface area contributed by atoms with Gasteiger partial charge in [0.25, 0.3) is 0 Å². The van der Waals surface area contributed by atoms with E-state index < -0.39 is 0 Å². The maximum absolute atomic E-state index is 5.37. The summed E-state index contributed by atoms with van der Waals surface area (Å²) in [6, 6.07) is 9.04. The van der Waals surface area contributed by atoms with Gasteiger partial charge in [0.15, 0.2) is 0 Å². The van der Waals surface area contributed by atoms with E-state index in [1.54, 1.807) is 0 Å². The Hall–Kier alpha value is -1.02. The van der Waals surface area contributed by atoms with Crippen LogP contribution < -0.4 is 4.90 Å². The molecule has 0 spiro atoms. The topological polar surface area (TPSA) is 12.5 Å². The molecule has 0 amide bonds. The molecular weight excluding hydrogens is 210 g/mol. The third kappa shape index (κ3) is 3.74. The number of anilines is 1. The van der Waals surface area contributed by atoms with Crippen LogP contribution in [-0.4, -0.2) is 26.3 Å². The highest BCUT2D eigenvalue weighted by Crippen LogP contribution is 2.18. The van der Waals surface area contributed by atoms with Gasteiger partial charge in [0.05, 0.1) is 13.2 Å². The number of hydrogen-bond acceptors (Lipinski definition) is 2. The quantitative estimate of drug-likeness (QED) is 0.792. The molecule has 0 aliphatic carbocycles. The average Bonchev–Trinajstić information content (AvgIpc) is 2.38. The lowest BCUT2D eigenvalue weighted by molar-refractivity contribution is 0.122. The molecule has 17 heavy (non-hydrogen) atoms. The van der Waals surface area contributed by atoms with E-state index in [1.165, 1.54) is 24.1 Å². The van der Waals surface area contributed by atoms with Gasteiger partial charge in [-0.3, -0.25) is 0 Å². The molecule has 0 radical (unpaired) electrons. The van der Waals surface area contributed by atoms with Crippen molar-refractivity contribution in [3.05, 3.63) is 29.8 Å². The molecule has 1 fully saturated rings. The summed E-state index contributed by atoms with van der Waals surface area (Å²) in [5.74, 6) is 0.786. The molecule has 0 bridgehead atoms. The third-order valence-electron chi connectivity index (χ3n) is 3.32. The van der Waals surface area contributed by atoms with E-state index in [9.17, 15) is 0 Å². The number of aryl methyl sites for hydroxylation is 1. The van der Waals surface area contributed by atoms with Crippen LogP contribution in [0.5, 0.6) is 0 Å². The summed E-state index contributed by atoms with van der Waals surface area (Å²) in [6.07, 6.45) is 2.47. The van der Waals surface area contributed by atoms with E-state index in [0.29, 0.717) is 0 Å². The molecular formula is C15H23NO. The lowest BCUT2D eigenvalue weighted by Crippen LogP contribution is -2.36. The van der Waals surface area contributed by atoms with Gasteiger partial charge in [0, 0.05) is 18.8 Å². The van der Waals surface area contributed by atoms with Crippen LogP contribution >= 0.6 is 0 Å². The van der Waals surface area contributed by atoms with E-state index in [-0.39, 0.29) is 0 Å². The molecule has 1 saturated heterocycles. The third-order valence-corrected chi connectivity index (χ3v) is 3.32. The number of rotatable bonds is 4. The van der Waals surface area contributed by atoms with Crippen LogP contribution in [0.3, 0.4) is 0 Å². The van der Waals surface area contributed by atoms with Gasteiger partial charge < -0.3 is 9.64 Å². The fourth-order valence-electron chi connectivity index (χ4n) is 2.15. The van der Waals surface area contributed by atoms with E-state index in [0.717, 1.165) is 32.2 Å². The minimum Gasteiger partial charge on any atom is -0.378 e. The minimum atomic E-state index is 0.786. The zero-order valence-electron chi connectivity index (χ0n) is 11.0. The Morgan fingerprint density at radius 3 is 2.35 bits per heavy atom. The largest absolute Gasteiger partial charge is 0.378 e. The van der Waals surface area contributed by atoms with E-state index >= 15 is 0 Å². The van der Waals surface area contributed by atoms with Gasteiger partial charge in [0.2, 0.25) is 0 Å². The molecule has 2 nitrogen and oxygen atoms in total. The highest BCUT2D eigenvalue weighted by Gasteiger charge is 2.10. The molecule has 1 aromatic carbocycles. The standard InChI is InChI=1S/C15H23NO/c1-13(2)3-4-14-5-7-15(8-6-14)16-9-11-17-12-10-16/h5-8,13H,3-4,9-12H2,1-2H3. The van der Waals surface area contributed by atoms with Crippen LogP contribution in [0.25, 0.3) is 0 Å². The molecule has 2 rings (SSSR count). The monoisotopic (exact) mass is 233 g/mol. The Labute approximate surface area is 105 Å². The Bertz CT molecular complexity index is 325. The molecule has 94 valence electrons. The second-order valence-corrected chi connectivity index (χ2v) is 5.20. The molecule has 0 unspecified atom stereocenters. The fourth-order valence-corrected chi connectivity index (χ4v) is 2.15. The zero-order chi connectivity index (χ0) is 12.1. The second-order valence-electron chi connectivity index (χ2n) is 5.20. The second kappa shape index (κ2) is 6.06. The van der Waals surface area contributed by atoms with Crippen molar-refractivity contribution in [3.8, 4) is 0 Å². The first-order chi connectivity index (χ1) is 8.25. The van der Waals surface area contributed by atoms with Gasteiger partial charge in [-0.05, 0) is 36.5 Å². The van der Waals surface area contributed by atoms with Gasteiger partial charge in [-0.2, -0.15) is 0 Å². The van der Waals surface area contributed by atoms with Crippen LogP contribution in [0, 0.1) is 5.92 Å². The number of hydrogen-bond donors (Lipinski definition) is 0. The van der Waals surface area contributed by atoms with Crippen molar-refractivity contribution in [1.82, 2.24) is 0 Å². The summed E-state index contributed by atoms with van der Waals surface area (Å²) in [5, 5.41) is 0. The Morgan fingerprint density at radius 1 is 1.12 bits per heavy atom. The summed E-state index contributed by atoms with van der Waals surface area (Å²) < 4.78 is 5.37. The van der Waals surface area contributed by atoms with Gasteiger partial charge >= 0.3 is 0 Å². The van der Waals surface area contributed by atoms with Crippen molar-refractivity contribution in [2.45, 2.75) is 26.7 Å². The molecule has 1 aromatic rings. The van der Waals surface area contributed by atoms with E-state index in [2.05, 4.69) is 43.0 Å². The first kappa shape index (κ1) is 12.4. The molecule has 0 atom stereocenters. The van der Waals surface area contributed by atoms with Crippen molar-refractivity contribution in [1.29, 1.82) is 0 Å². The van der Waals surface area contributed by atoms with Crippen molar-refractivity contribution < 1.29 is 4.74 Å². The SMILES string of the molecule is CC(C)CCc1ccc(N2CCOCC2)cc1. The maximum Gasteiger partial charge on any atom is 0.0642 e. The van der Waals surface area contributed by atoms with Crippen LogP contribution in [0.2, 0.25) is 0 Å². The molecule has 2 heteroatoms. The van der Waals surface area contributed by atoms with Crippen molar-refractivity contribution >= 4 is 5.69 Å². The average molecular weight is 233 g/mol. The Kier molecular flexibility index (Phi) is 4.43. The maximum atomic E-state index is 5.37. The summed E-state index contributed by atoms with van der Waals surface area (Å²) in [4.78, 5) is 2.40. The lowest BCUT2D eigenvalue weighted by Gasteiger charge is -2.28. The summed E-state index contributed by atoms with van der Waals surface area (Å²) >= 11 is 0. The van der Waals surface area contributed by atoms with Gasteiger partial charge in [-0.25, -0.2) is 0 Å².